The van der Waals surface area contributed by atoms with Gasteiger partial charge in [0.25, 0.3) is 0 Å². The molecular weight excluding hydrogens is 632 g/mol. The van der Waals surface area contributed by atoms with Crippen molar-refractivity contribution in [3.63, 3.8) is 0 Å². The van der Waals surface area contributed by atoms with Crippen molar-refractivity contribution in [2.45, 2.75) is 84.9 Å². The largest absolute Gasteiger partial charge is 0.449 e. The van der Waals surface area contributed by atoms with Crippen molar-refractivity contribution >= 4 is 41.2 Å². The number of fused-ring (bicyclic) bond motifs is 1. The number of ether oxygens (including phenoxy) is 3. The number of aliphatic hydroxyl groups excluding tert-OH is 1. The number of thiazole rings is 1. The second-order valence-corrected chi connectivity index (χ2v) is 13.3. The molecule has 2 N–H and O–H groups in total. The molecule has 1 aromatic heterocycles. The molecule has 3 heterocycles. The van der Waals surface area contributed by atoms with Crippen LogP contribution in [-0.2, 0) is 19.0 Å². The Hall–Kier alpha value is -4.26. The van der Waals surface area contributed by atoms with E-state index >= 15 is 0 Å². The van der Waals surface area contributed by atoms with Crippen molar-refractivity contribution in [2.24, 2.45) is 0 Å². The van der Waals surface area contributed by atoms with Crippen molar-refractivity contribution in [3.8, 4) is 10.4 Å². The monoisotopic (exact) mass is 678 g/mol. The molecule has 3 aromatic rings. The molecule has 1 unspecified atom stereocenters. The lowest BCUT2D eigenvalue weighted by Gasteiger charge is -2.32. The summed E-state index contributed by atoms with van der Waals surface area (Å²) in [7, 11) is 0. The number of aliphatic hydroxyl groups is 1. The maximum Gasteiger partial charge on any atom is 0.416 e. The number of carbonyl (C=O) groups is 3. The summed E-state index contributed by atoms with van der Waals surface area (Å²) in [6, 6.07) is 14.7. The standard InChI is InChI=1S/C22H29N3O4S.C14H17NO3/c1-13(15-6-8-16(9-7-15)19-14(2)23-12-30-19)24-20(27)18-10-17(26)11-25(18)21(28)29-22(3,4)5;1-3-17-13-10-9-11-7-5-6-8-12(11)15(13)14(16)18-4-2/h6-9,12-13,17-18,26H,10-11H2,1-5H3,(H,24,27);5-10,13H,3-4H2,1-2H3/t13-,17+,18-;/m0./s1. The summed E-state index contributed by atoms with van der Waals surface area (Å²) in [5, 5.41) is 13.0. The Bertz CT molecular complexity index is 1580. The van der Waals surface area contributed by atoms with E-state index in [1.807, 2.05) is 87.0 Å². The molecule has 1 fully saturated rings. The van der Waals surface area contributed by atoms with E-state index in [1.165, 1.54) is 4.90 Å². The molecule has 258 valence electrons. The molecule has 48 heavy (non-hydrogen) atoms. The first kappa shape index (κ1) is 36.6. The van der Waals surface area contributed by atoms with E-state index in [-0.39, 0.29) is 31.0 Å². The highest BCUT2D eigenvalue weighted by molar-refractivity contribution is 7.13. The van der Waals surface area contributed by atoms with Crippen molar-refractivity contribution in [1.82, 2.24) is 15.2 Å². The van der Waals surface area contributed by atoms with Gasteiger partial charge in [-0.25, -0.2) is 19.5 Å². The fourth-order valence-electron chi connectivity index (χ4n) is 5.43. The molecule has 5 rings (SSSR count). The summed E-state index contributed by atoms with van der Waals surface area (Å²) < 4.78 is 16.0. The number of nitrogens with zero attached hydrogens (tertiary/aromatic N) is 3. The van der Waals surface area contributed by atoms with Crippen LogP contribution in [-0.4, -0.2) is 76.8 Å². The third-order valence-electron chi connectivity index (χ3n) is 7.68. The van der Waals surface area contributed by atoms with Crippen LogP contribution in [0.15, 0.2) is 60.1 Å². The zero-order chi connectivity index (χ0) is 35.0. The molecule has 12 heteroatoms. The highest BCUT2D eigenvalue weighted by Gasteiger charge is 2.41. The van der Waals surface area contributed by atoms with E-state index in [0.29, 0.717) is 13.2 Å². The summed E-state index contributed by atoms with van der Waals surface area (Å²) in [6.07, 6.45) is 1.91. The normalized spacial score (nSPS) is 19.1. The van der Waals surface area contributed by atoms with Crippen LogP contribution in [0.25, 0.3) is 16.5 Å². The van der Waals surface area contributed by atoms with Crippen molar-refractivity contribution in [3.05, 3.63) is 76.9 Å². The van der Waals surface area contributed by atoms with Gasteiger partial charge in [-0.15, -0.1) is 11.3 Å². The van der Waals surface area contributed by atoms with E-state index < -0.39 is 30.1 Å². The summed E-state index contributed by atoms with van der Waals surface area (Å²) in [5.41, 5.74) is 6.00. The van der Waals surface area contributed by atoms with Gasteiger partial charge < -0.3 is 24.6 Å². The van der Waals surface area contributed by atoms with Crippen molar-refractivity contribution in [2.75, 3.05) is 24.7 Å². The quantitative estimate of drug-likeness (QED) is 0.282. The second kappa shape index (κ2) is 16.2. The number of hydrogen-bond acceptors (Lipinski definition) is 9. The number of β-amino-alcohol motifs (C(OH)–C–C–N with tert-alkyl or cyclic N) is 1. The molecule has 2 aliphatic rings. The van der Waals surface area contributed by atoms with Crippen molar-refractivity contribution in [1.29, 1.82) is 0 Å². The predicted molar refractivity (Wildman–Crippen MR) is 187 cm³/mol. The van der Waals surface area contributed by atoms with Gasteiger partial charge in [-0.2, -0.15) is 0 Å². The minimum absolute atomic E-state index is 0.0876. The number of likely N-dealkylation sites (tertiary alicyclic amines) is 1. The summed E-state index contributed by atoms with van der Waals surface area (Å²) in [4.78, 5) is 45.6. The lowest BCUT2D eigenvalue weighted by atomic mass is 10.0. The number of rotatable bonds is 7. The van der Waals surface area contributed by atoms with E-state index in [0.717, 1.165) is 32.9 Å². The molecule has 0 bridgehead atoms. The number of amides is 3. The van der Waals surface area contributed by atoms with Crippen LogP contribution >= 0.6 is 11.3 Å². The van der Waals surface area contributed by atoms with Crippen LogP contribution in [0.1, 0.15) is 70.8 Å². The topological polar surface area (TPSA) is 131 Å². The minimum Gasteiger partial charge on any atom is -0.449 e. The molecule has 2 aliphatic heterocycles. The molecular formula is C36H46N4O7S. The fourth-order valence-corrected chi connectivity index (χ4v) is 6.24. The molecule has 1 saturated heterocycles. The number of nitrogens with one attached hydrogen (secondary N) is 1. The number of hydrogen-bond donors (Lipinski definition) is 2. The molecule has 3 amide bonds. The molecule has 2 aromatic carbocycles. The van der Waals surface area contributed by atoms with Crippen LogP contribution in [0.2, 0.25) is 0 Å². The van der Waals surface area contributed by atoms with Crippen LogP contribution < -0.4 is 10.2 Å². The van der Waals surface area contributed by atoms with Crippen LogP contribution in [0.3, 0.4) is 0 Å². The van der Waals surface area contributed by atoms with Gasteiger partial charge in [0.2, 0.25) is 5.91 Å². The Balaban J connectivity index is 0.000000246. The van der Waals surface area contributed by atoms with Crippen LogP contribution in [0, 0.1) is 6.92 Å². The van der Waals surface area contributed by atoms with Gasteiger partial charge in [-0.3, -0.25) is 9.69 Å². The predicted octanol–water partition coefficient (Wildman–Crippen LogP) is 6.70. The van der Waals surface area contributed by atoms with Gasteiger partial charge in [0, 0.05) is 13.0 Å². The van der Waals surface area contributed by atoms with Gasteiger partial charge >= 0.3 is 12.2 Å². The van der Waals surface area contributed by atoms with E-state index in [4.69, 9.17) is 14.2 Å². The Labute approximate surface area is 286 Å². The van der Waals surface area contributed by atoms with Gasteiger partial charge in [0.1, 0.15) is 11.6 Å². The molecule has 4 atom stereocenters. The fraction of sp³-hybridized carbons (Fsp3) is 0.444. The Morgan fingerprint density at radius 2 is 1.77 bits per heavy atom. The molecule has 11 nitrogen and oxygen atoms in total. The Kier molecular flexibility index (Phi) is 12.4. The lowest BCUT2D eigenvalue weighted by Crippen LogP contribution is -2.48. The third kappa shape index (κ3) is 9.21. The number of aryl methyl sites for hydroxylation is 1. The molecule has 0 aliphatic carbocycles. The lowest BCUT2D eigenvalue weighted by molar-refractivity contribution is -0.126. The maximum absolute atomic E-state index is 12.9. The minimum atomic E-state index is -0.753. The first-order valence-corrected chi connectivity index (χ1v) is 17.0. The van der Waals surface area contributed by atoms with E-state index in [9.17, 15) is 19.5 Å². The summed E-state index contributed by atoms with van der Waals surface area (Å²) in [5.74, 6) is -0.299. The smallest absolute Gasteiger partial charge is 0.416 e. The van der Waals surface area contributed by atoms with E-state index in [1.54, 1.807) is 43.9 Å². The first-order chi connectivity index (χ1) is 22.8. The Morgan fingerprint density at radius 3 is 2.40 bits per heavy atom. The van der Waals surface area contributed by atoms with Gasteiger partial charge in [-0.05, 0) is 77.3 Å². The molecule has 0 saturated carbocycles. The van der Waals surface area contributed by atoms with Crippen LogP contribution in [0.5, 0.6) is 0 Å². The summed E-state index contributed by atoms with van der Waals surface area (Å²) >= 11 is 1.60. The molecule has 0 spiro atoms. The molecule has 0 radical (unpaired) electrons. The SMILES string of the molecule is CCOC(=O)N1c2ccccc2C=CC1OCC.Cc1ncsc1-c1ccc([C@H](C)NC(=O)[C@@H]2C[C@@H](O)CN2C(=O)OC(C)(C)C)cc1. The third-order valence-corrected chi connectivity index (χ3v) is 8.66. The number of benzene rings is 2. The zero-order valence-corrected chi connectivity index (χ0v) is 29.5. The second-order valence-electron chi connectivity index (χ2n) is 12.5. The highest BCUT2D eigenvalue weighted by atomic mass is 32.1. The first-order valence-electron chi connectivity index (χ1n) is 16.2. The van der Waals surface area contributed by atoms with E-state index in [2.05, 4.69) is 10.3 Å². The number of aromatic nitrogens is 1. The number of carbonyl (C=O) groups excluding carboxylic acids is 3. The van der Waals surface area contributed by atoms with Crippen molar-refractivity contribution < 1.29 is 33.7 Å². The number of para-hydroxylation sites is 1. The zero-order valence-electron chi connectivity index (χ0n) is 28.6. The summed E-state index contributed by atoms with van der Waals surface area (Å²) in [6.45, 7) is 13.8. The highest BCUT2D eigenvalue weighted by Crippen LogP contribution is 2.31. The maximum atomic E-state index is 12.9. The average Bonchev–Trinajstić information content (AvgIpc) is 3.66. The number of anilines is 1. The van der Waals surface area contributed by atoms with Crippen LogP contribution in [0.4, 0.5) is 15.3 Å². The van der Waals surface area contributed by atoms with Gasteiger partial charge in [0.05, 0.1) is 47.1 Å². The van der Waals surface area contributed by atoms with Gasteiger partial charge in [0.15, 0.2) is 6.23 Å². The van der Waals surface area contributed by atoms with Gasteiger partial charge in [-0.1, -0.05) is 48.5 Å². The Morgan fingerprint density at radius 1 is 1.06 bits per heavy atom. The average molecular weight is 679 g/mol.